The first kappa shape index (κ1) is 25.8. The SMILES string of the molecule is Oc1cc(-c2nc3c4c(nc(OC[C@@]56CCCN5C[C@H](F)C6)nc4c2F)N2C[C@H]4CC[C@H](N4)[C@H]2CC3)c2ccccc2c1. The highest BCUT2D eigenvalue weighted by Gasteiger charge is 2.49. The molecule has 5 aliphatic heterocycles. The van der Waals surface area contributed by atoms with Crippen molar-refractivity contribution < 1.29 is 18.6 Å². The van der Waals surface area contributed by atoms with E-state index in [9.17, 15) is 9.50 Å². The van der Waals surface area contributed by atoms with Gasteiger partial charge in [-0.25, -0.2) is 13.8 Å². The van der Waals surface area contributed by atoms with E-state index in [-0.39, 0.29) is 41.2 Å². The van der Waals surface area contributed by atoms with Crippen LogP contribution in [0, 0.1) is 5.82 Å². The fourth-order valence-corrected chi connectivity index (χ4v) is 8.75. The maximum absolute atomic E-state index is 16.9. The molecule has 10 heteroatoms. The number of piperazine rings is 1. The fraction of sp³-hybridized carbons (Fsp3) is 0.485. The molecule has 5 atom stereocenters. The van der Waals surface area contributed by atoms with Crippen molar-refractivity contribution in [2.45, 2.75) is 74.8 Å². The van der Waals surface area contributed by atoms with E-state index in [2.05, 4.69) is 15.1 Å². The number of rotatable bonds is 4. The molecule has 2 N–H and O–H groups in total. The van der Waals surface area contributed by atoms with Gasteiger partial charge < -0.3 is 20.1 Å². The third-order valence-corrected chi connectivity index (χ3v) is 10.7. The average molecular weight is 585 g/mol. The summed E-state index contributed by atoms with van der Waals surface area (Å²) >= 11 is 0. The molecule has 9 rings (SSSR count). The molecule has 2 aromatic heterocycles. The van der Waals surface area contributed by atoms with Crippen molar-refractivity contribution in [2.24, 2.45) is 0 Å². The molecule has 0 aliphatic carbocycles. The van der Waals surface area contributed by atoms with Gasteiger partial charge in [-0.2, -0.15) is 9.97 Å². The number of aryl methyl sites for hydroxylation is 1. The van der Waals surface area contributed by atoms with Gasteiger partial charge in [0.15, 0.2) is 5.82 Å². The topological polar surface area (TPSA) is 86.6 Å². The highest BCUT2D eigenvalue weighted by molar-refractivity contribution is 6.01. The molecule has 2 bridgehead atoms. The van der Waals surface area contributed by atoms with Gasteiger partial charge in [-0.05, 0) is 68.0 Å². The van der Waals surface area contributed by atoms with Crippen LogP contribution >= 0.6 is 0 Å². The Balaban J connectivity index is 1.22. The maximum Gasteiger partial charge on any atom is 0.319 e. The van der Waals surface area contributed by atoms with Crippen molar-refractivity contribution in [3.63, 3.8) is 0 Å². The Labute approximate surface area is 248 Å². The van der Waals surface area contributed by atoms with Crippen LogP contribution < -0.4 is 15.0 Å². The van der Waals surface area contributed by atoms with E-state index in [1.54, 1.807) is 12.1 Å². The molecule has 0 saturated carbocycles. The lowest BCUT2D eigenvalue weighted by atomic mass is 9.95. The number of aromatic hydroxyl groups is 1. The van der Waals surface area contributed by atoms with Crippen molar-refractivity contribution in [1.29, 1.82) is 0 Å². The number of fused-ring (bicyclic) bond motifs is 7. The third-order valence-electron chi connectivity index (χ3n) is 10.7. The van der Waals surface area contributed by atoms with Crippen LogP contribution in [-0.2, 0) is 6.42 Å². The second-order valence-corrected chi connectivity index (χ2v) is 13.2. The highest BCUT2D eigenvalue weighted by Crippen LogP contribution is 2.44. The van der Waals surface area contributed by atoms with Crippen molar-refractivity contribution >= 4 is 27.5 Å². The number of benzene rings is 2. The zero-order chi connectivity index (χ0) is 28.9. The number of aromatic nitrogens is 3. The van der Waals surface area contributed by atoms with Crippen LogP contribution in [0.25, 0.3) is 32.9 Å². The van der Waals surface area contributed by atoms with Crippen LogP contribution in [0.5, 0.6) is 11.8 Å². The normalized spacial score (nSPS) is 29.7. The summed E-state index contributed by atoms with van der Waals surface area (Å²) in [5.74, 6) is 0.186. The van der Waals surface area contributed by atoms with Crippen LogP contribution in [0.15, 0.2) is 36.4 Å². The number of halogens is 2. The largest absolute Gasteiger partial charge is 0.508 e. The summed E-state index contributed by atoms with van der Waals surface area (Å²) in [5, 5.41) is 16.6. The summed E-state index contributed by atoms with van der Waals surface area (Å²) in [6.07, 6.45) is 5.19. The lowest BCUT2D eigenvalue weighted by Crippen LogP contribution is -2.58. The summed E-state index contributed by atoms with van der Waals surface area (Å²) < 4.78 is 37.7. The van der Waals surface area contributed by atoms with Crippen LogP contribution in [0.1, 0.15) is 44.2 Å². The van der Waals surface area contributed by atoms with E-state index in [1.807, 2.05) is 24.3 Å². The number of pyridine rings is 1. The van der Waals surface area contributed by atoms with Gasteiger partial charge in [-0.15, -0.1) is 0 Å². The quantitative estimate of drug-likeness (QED) is 0.351. The summed E-state index contributed by atoms with van der Waals surface area (Å²) in [6, 6.07) is 11.9. The van der Waals surface area contributed by atoms with Gasteiger partial charge in [0, 0.05) is 43.2 Å². The average Bonchev–Trinajstić information content (AvgIpc) is 3.64. The summed E-state index contributed by atoms with van der Waals surface area (Å²) in [6.45, 7) is 2.36. The lowest BCUT2D eigenvalue weighted by molar-refractivity contribution is 0.107. The third kappa shape index (κ3) is 3.95. The highest BCUT2D eigenvalue weighted by atomic mass is 19.1. The Kier molecular flexibility index (Phi) is 5.67. The summed E-state index contributed by atoms with van der Waals surface area (Å²) in [7, 11) is 0. The molecule has 43 heavy (non-hydrogen) atoms. The van der Waals surface area contributed by atoms with Gasteiger partial charge in [0.25, 0.3) is 0 Å². The second kappa shape index (κ2) is 9.43. The Morgan fingerprint density at radius 1 is 1.09 bits per heavy atom. The van der Waals surface area contributed by atoms with Crippen molar-refractivity contribution in [3.8, 4) is 23.0 Å². The number of nitrogens with zero attached hydrogens (tertiary/aromatic N) is 5. The molecule has 222 valence electrons. The molecule has 8 nitrogen and oxygen atoms in total. The van der Waals surface area contributed by atoms with Gasteiger partial charge >= 0.3 is 6.01 Å². The first-order valence-corrected chi connectivity index (χ1v) is 15.6. The Hall–Kier alpha value is -3.63. The van der Waals surface area contributed by atoms with Crippen LogP contribution in [0.4, 0.5) is 14.6 Å². The molecule has 2 aromatic carbocycles. The number of anilines is 1. The molecule has 0 spiro atoms. The zero-order valence-corrected chi connectivity index (χ0v) is 23.9. The lowest BCUT2D eigenvalue weighted by Gasteiger charge is -2.41. The number of phenolic OH excluding ortho intramolecular Hbond substituents is 1. The minimum atomic E-state index is -0.867. The second-order valence-electron chi connectivity index (χ2n) is 13.2. The Bertz CT molecular complexity index is 1790. The zero-order valence-electron chi connectivity index (χ0n) is 23.9. The van der Waals surface area contributed by atoms with Crippen LogP contribution in [-0.4, -0.2) is 81.0 Å². The molecule has 4 saturated heterocycles. The number of alkyl halides is 1. The minimum absolute atomic E-state index is 0.0515. The summed E-state index contributed by atoms with van der Waals surface area (Å²) in [4.78, 5) is 19.2. The first-order valence-electron chi connectivity index (χ1n) is 15.6. The molecule has 5 aliphatic rings. The fourth-order valence-electron chi connectivity index (χ4n) is 8.75. The van der Waals surface area contributed by atoms with Gasteiger partial charge in [-0.3, -0.25) is 4.90 Å². The van der Waals surface area contributed by atoms with Crippen molar-refractivity contribution in [2.75, 3.05) is 31.1 Å². The van der Waals surface area contributed by atoms with Crippen molar-refractivity contribution in [3.05, 3.63) is 47.9 Å². The van der Waals surface area contributed by atoms with E-state index < -0.39 is 12.0 Å². The van der Waals surface area contributed by atoms with Gasteiger partial charge in [-0.1, -0.05) is 24.3 Å². The van der Waals surface area contributed by atoms with E-state index in [0.717, 1.165) is 61.7 Å². The summed E-state index contributed by atoms with van der Waals surface area (Å²) in [5.41, 5.74) is 1.28. The Morgan fingerprint density at radius 2 is 2.00 bits per heavy atom. The molecule has 0 unspecified atom stereocenters. The van der Waals surface area contributed by atoms with E-state index in [4.69, 9.17) is 19.7 Å². The first-order chi connectivity index (χ1) is 21.0. The predicted molar refractivity (Wildman–Crippen MR) is 160 cm³/mol. The number of phenols is 1. The molecular formula is C33H34F2N6O2. The number of hydrogen-bond acceptors (Lipinski definition) is 8. The van der Waals surface area contributed by atoms with E-state index in [0.29, 0.717) is 48.2 Å². The number of ether oxygens (including phenoxy) is 1. The monoisotopic (exact) mass is 584 g/mol. The van der Waals surface area contributed by atoms with E-state index in [1.165, 1.54) is 0 Å². The minimum Gasteiger partial charge on any atom is -0.508 e. The number of nitrogens with one attached hydrogen (secondary N) is 1. The number of hydrogen-bond donors (Lipinski definition) is 2. The molecule has 7 heterocycles. The standard InChI is InChI=1S/C33H34F2N6O2/c34-19-14-33(10-3-11-40(33)15-19)17-43-32-38-30-27-25(8-9-26-24-7-6-20(36-24)16-41(26)31(27)39-32)37-29(28(30)35)23-13-21(42)12-18-4-1-2-5-22(18)23/h1-2,4-5,12-13,19-20,24,26,36,42H,3,6-11,14-17H2/t19-,20-,24+,26-,33+/m1/s1. The van der Waals surface area contributed by atoms with Gasteiger partial charge in [0.2, 0.25) is 0 Å². The van der Waals surface area contributed by atoms with E-state index >= 15 is 4.39 Å². The van der Waals surface area contributed by atoms with Crippen molar-refractivity contribution in [1.82, 2.24) is 25.2 Å². The molecule has 0 radical (unpaired) electrons. The molecule has 0 amide bonds. The predicted octanol–water partition coefficient (Wildman–Crippen LogP) is 4.90. The van der Waals surface area contributed by atoms with Crippen LogP contribution in [0.3, 0.4) is 0 Å². The molecule has 4 aromatic rings. The van der Waals surface area contributed by atoms with Gasteiger partial charge in [0.05, 0.1) is 16.6 Å². The van der Waals surface area contributed by atoms with Crippen LogP contribution in [0.2, 0.25) is 0 Å². The maximum atomic E-state index is 16.9. The molecular weight excluding hydrogens is 550 g/mol. The molecule has 4 fully saturated rings. The van der Waals surface area contributed by atoms with Gasteiger partial charge in [0.1, 0.15) is 35.6 Å². The smallest absolute Gasteiger partial charge is 0.319 e. The Morgan fingerprint density at radius 3 is 2.93 bits per heavy atom.